The zero-order valence-electron chi connectivity index (χ0n) is 41.0. The Morgan fingerprint density at radius 3 is 1.85 bits per heavy atom. The van der Waals surface area contributed by atoms with Gasteiger partial charge in [0.05, 0.1) is 54.9 Å². The van der Waals surface area contributed by atoms with Gasteiger partial charge in [-0.05, 0) is 109 Å². The van der Waals surface area contributed by atoms with Gasteiger partial charge in [-0.2, -0.15) is 0 Å². The third kappa shape index (κ3) is 10.6. The van der Waals surface area contributed by atoms with Gasteiger partial charge in [0.15, 0.2) is 12.6 Å². The molecule has 66 heavy (non-hydrogen) atoms. The Kier molecular flexibility index (Phi) is 16.6. The predicted molar refractivity (Wildman–Crippen MR) is 238 cm³/mol. The first-order valence-electron chi connectivity index (χ1n) is 24.0. The largest absolute Gasteiger partial charge is 0.393 e. The van der Waals surface area contributed by atoms with Gasteiger partial charge in [0, 0.05) is 33.5 Å². The molecule has 2 amide bonds. The Morgan fingerprint density at radius 2 is 1.32 bits per heavy atom. The van der Waals surface area contributed by atoms with Crippen molar-refractivity contribution in [2.24, 2.45) is 22.2 Å². The summed E-state index contributed by atoms with van der Waals surface area (Å²) in [6.45, 7) is 16.3. The van der Waals surface area contributed by atoms with Crippen molar-refractivity contribution in [2.75, 3.05) is 27.4 Å². The minimum atomic E-state index is -1.41. The Hall–Kier alpha value is -1.88. The number of carbonyl (C=O) groups is 2. The number of methoxy groups -OCH3 is 2. The molecule has 9 N–H and O–H groups in total. The fourth-order valence-corrected chi connectivity index (χ4v) is 12.8. The Labute approximate surface area is 390 Å². The molecular formula is C48H82N2O16. The summed E-state index contributed by atoms with van der Waals surface area (Å²) in [6.07, 6.45) is -6.55. The molecule has 18 nitrogen and oxygen atoms in total. The zero-order chi connectivity index (χ0) is 48.9. The maximum atomic E-state index is 12.2. The zero-order valence-corrected chi connectivity index (χ0v) is 41.0. The molecule has 6 fully saturated rings. The van der Waals surface area contributed by atoms with Gasteiger partial charge in [-0.15, -0.1) is 0 Å². The fraction of sp³-hybridized carbons (Fsp3) is 0.917. The number of hydrogen-bond acceptors (Lipinski definition) is 16. The molecule has 6 aliphatic rings. The van der Waals surface area contributed by atoms with Crippen LogP contribution in [0.2, 0.25) is 0 Å². The number of aliphatic hydroxyl groups is 7. The van der Waals surface area contributed by atoms with Gasteiger partial charge in [0.2, 0.25) is 11.8 Å². The van der Waals surface area contributed by atoms with Crippen molar-refractivity contribution in [3.8, 4) is 0 Å². The molecule has 0 spiro atoms. The van der Waals surface area contributed by atoms with Crippen molar-refractivity contribution in [3.63, 3.8) is 0 Å². The molecule has 19 atom stereocenters. The molecule has 380 valence electrons. The van der Waals surface area contributed by atoms with Gasteiger partial charge in [0.1, 0.15) is 48.7 Å². The molecule has 3 saturated heterocycles. The third-order valence-corrected chi connectivity index (χ3v) is 16.6. The maximum absolute atomic E-state index is 12.2. The van der Waals surface area contributed by atoms with Gasteiger partial charge in [-0.1, -0.05) is 31.9 Å². The van der Waals surface area contributed by atoms with Crippen molar-refractivity contribution in [2.45, 2.75) is 230 Å². The third-order valence-electron chi connectivity index (χ3n) is 16.6. The number of hydrogen-bond donors (Lipinski definition) is 9. The highest BCUT2D eigenvalue weighted by Gasteiger charge is 2.64. The number of rotatable bonds is 15. The number of allylic oxidation sites excluding steroid dienone is 2. The van der Waals surface area contributed by atoms with E-state index in [4.69, 9.17) is 33.2 Å². The van der Waals surface area contributed by atoms with Crippen LogP contribution in [0.5, 0.6) is 0 Å². The quantitative estimate of drug-likeness (QED) is 0.105. The van der Waals surface area contributed by atoms with Crippen LogP contribution in [0.25, 0.3) is 0 Å². The van der Waals surface area contributed by atoms with E-state index >= 15 is 0 Å². The summed E-state index contributed by atoms with van der Waals surface area (Å²) in [5.74, 6) is -0.650. The van der Waals surface area contributed by atoms with E-state index in [0.29, 0.717) is 32.1 Å². The summed E-state index contributed by atoms with van der Waals surface area (Å²) >= 11 is 0. The van der Waals surface area contributed by atoms with E-state index in [1.165, 1.54) is 39.2 Å². The van der Waals surface area contributed by atoms with Crippen LogP contribution in [0, 0.1) is 22.2 Å². The molecule has 0 aromatic rings. The lowest BCUT2D eigenvalue weighted by molar-refractivity contribution is -0.324. The predicted octanol–water partition coefficient (Wildman–Crippen LogP) is 1.50. The van der Waals surface area contributed by atoms with Gasteiger partial charge >= 0.3 is 0 Å². The Bertz CT molecular complexity index is 1730. The van der Waals surface area contributed by atoms with Crippen LogP contribution in [0.1, 0.15) is 127 Å². The molecule has 0 aromatic heterocycles. The molecule has 3 saturated carbocycles. The Morgan fingerprint density at radius 1 is 0.773 bits per heavy atom. The standard InChI is InChI=1S/C48H82N2O16/c1-24(51)49-35-39(58)37(56)29(22-60-10)62-42(35)65-44(3,4)32(54)16-18-46(7)20-26(12-15-33(46)55)27-13-14-31-47(8)19-17-34(64-41(47)28(53)21-48(27,31)9)45(5,6)66-43-36(50-25(2)52)40(59)38(57)30(63-43)23-61-11/h28-43,53-59H,12-23H2,1-11H3,(H,49,51)(H,50,52)/b27-26+. The number of fused-ring (bicyclic) bond motifs is 3. The smallest absolute Gasteiger partial charge is 0.217 e. The minimum absolute atomic E-state index is 0.00395. The molecule has 3 heterocycles. The SMILES string of the molecule is COCC1OC(OC(C)(C)C(O)CCC2(C)C/C(=C3\CCC4C3(C)CC(O)C3OC(C(C)(C)OC5OC(COC)C(O)C(O)C5NC(C)=O)CCC34C)CCC2O)C(NC(C)=O)C(O)C1O. The molecule has 18 heteroatoms. The number of aliphatic hydroxyl groups excluding tert-OH is 7. The highest BCUT2D eigenvalue weighted by molar-refractivity contribution is 5.73. The maximum Gasteiger partial charge on any atom is 0.217 e. The Balaban J connectivity index is 1.14. The van der Waals surface area contributed by atoms with Crippen LogP contribution >= 0.6 is 0 Å². The van der Waals surface area contributed by atoms with Crippen LogP contribution in [0.15, 0.2) is 11.1 Å². The molecule has 19 unspecified atom stereocenters. The van der Waals surface area contributed by atoms with Crippen molar-refractivity contribution in [1.29, 1.82) is 0 Å². The number of amides is 2. The van der Waals surface area contributed by atoms with Crippen LogP contribution in [0.4, 0.5) is 0 Å². The summed E-state index contributed by atoms with van der Waals surface area (Å²) in [6, 6.07) is -2.15. The van der Waals surface area contributed by atoms with Gasteiger partial charge in [-0.25, -0.2) is 0 Å². The van der Waals surface area contributed by atoms with Crippen molar-refractivity contribution < 1.29 is 78.5 Å². The second-order valence-electron chi connectivity index (χ2n) is 22.2. The number of ether oxygens (including phenoxy) is 7. The average molecular weight is 943 g/mol. The normalized spacial score (nSPS) is 44.8. The first kappa shape index (κ1) is 53.5. The second-order valence-corrected chi connectivity index (χ2v) is 22.2. The lowest BCUT2D eigenvalue weighted by Crippen LogP contribution is -2.67. The van der Waals surface area contributed by atoms with Crippen LogP contribution in [-0.2, 0) is 42.7 Å². The minimum Gasteiger partial charge on any atom is -0.393 e. The summed E-state index contributed by atoms with van der Waals surface area (Å²) in [7, 11) is 2.90. The molecule has 0 radical (unpaired) electrons. The van der Waals surface area contributed by atoms with Crippen LogP contribution in [0.3, 0.4) is 0 Å². The highest BCUT2D eigenvalue weighted by Crippen LogP contribution is 2.66. The summed E-state index contributed by atoms with van der Waals surface area (Å²) in [4.78, 5) is 24.2. The van der Waals surface area contributed by atoms with E-state index in [2.05, 4.69) is 31.4 Å². The highest BCUT2D eigenvalue weighted by atomic mass is 16.7. The molecular weight excluding hydrogens is 861 g/mol. The fourth-order valence-electron chi connectivity index (χ4n) is 12.8. The van der Waals surface area contributed by atoms with Gasteiger partial charge in [-0.3, -0.25) is 9.59 Å². The molecule has 0 aromatic carbocycles. The summed E-state index contributed by atoms with van der Waals surface area (Å²) < 4.78 is 42.3. The van der Waals surface area contributed by atoms with Crippen molar-refractivity contribution in [3.05, 3.63) is 11.1 Å². The average Bonchev–Trinajstić information content (AvgIpc) is 3.58. The van der Waals surface area contributed by atoms with Gasteiger partial charge in [0.25, 0.3) is 0 Å². The van der Waals surface area contributed by atoms with Gasteiger partial charge < -0.3 is 79.5 Å². The van der Waals surface area contributed by atoms with E-state index in [1.54, 1.807) is 13.8 Å². The number of carbonyl (C=O) groups excluding carboxylic acids is 2. The van der Waals surface area contributed by atoms with Crippen LogP contribution in [-0.4, -0.2) is 178 Å². The summed E-state index contributed by atoms with van der Waals surface area (Å²) in [5.41, 5.74) is -0.797. The monoisotopic (exact) mass is 943 g/mol. The first-order chi connectivity index (χ1) is 30.7. The molecule has 6 rings (SSSR count). The molecule has 3 aliphatic carbocycles. The van der Waals surface area contributed by atoms with Crippen molar-refractivity contribution in [1.82, 2.24) is 10.6 Å². The van der Waals surface area contributed by atoms with E-state index in [0.717, 1.165) is 25.7 Å². The molecule has 3 aliphatic heterocycles. The number of nitrogens with one attached hydrogen (secondary N) is 2. The summed E-state index contributed by atoms with van der Waals surface area (Å²) in [5, 5.41) is 84.1. The van der Waals surface area contributed by atoms with E-state index in [9.17, 15) is 45.3 Å². The van der Waals surface area contributed by atoms with E-state index in [1.807, 2.05) is 13.8 Å². The topological polar surface area (TPSA) is 264 Å². The molecule has 0 bridgehead atoms. The van der Waals surface area contributed by atoms with Crippen molar-refractivity contribution >= 4 is 11.8 Å². The first-order valence-corrected chi connectivity index (χ1v) is 24.0. The lowest BCUT2D eigenvalue weighted by atomic mass is 9.51. The second kappa shape index (κ2) is 20.5. The lowest BCUT2D eigenvalue weighted by Gasteiger charge is -2.60. The van der Waals surface area contributed by atoms with Crippen LogP contribution < -0.4 is 10.6 Å². The van der Waals surface area contributed by atoms with E-state index < -0.39 is 120 Å². The van der Waals surface area contributed by atoms with E-state index in [-0.39, 0.29) is 36.4 Å².